The van der Waals surface area contributed by atoms with Gasteiger partial charge in [-0.25, -0.2) is 4.79 Å². The van der Waals surface area contributed by atoms with Gasteiger partial charge in [-0.05, 0) is 34.9 Å². The summed E-state index contributed by atoms with van der Waals surface area (Å²) < 4.78 is 5.18. The second-order valence-electron chi connectivity index (χ2n) is 6.49. The van der Waals surface area contributed by atoms with Crippen molar-refractivity contribution < 1.29 is 19.1 Å². The predicted octanol–water partition coefficient (Wildman–Crippen LogP) is 3.56. The van der Waals surface area contributed by atoms with Crippen LogP contribution in [-0.4, -0.2) is 30.8 Å². The highest BCUT2D eigenvalue weighted by Crippen LogP contribution is 2.16. The van der Waals surface area contributed by atoms with E-state index in [4.69, 9.17) is 4.74 Å². The van der Waals surface area contributed by atoms with E-state index in [9.17, 15) is 14.4 Å². The fourth-order valence-corrected chi connectivity index (χ4v) is 2.85. The molecule has 1 amide bonds. The van der Waals surface area contributed by atoms with E-state index in [0.717, 1.165) is 16.3 Å². The molecule has 0 heterocycles. The number of nitrogens with one attached hydrogen (secondary N) is 1. The van der Waals surface area contributed by atoms with Gasteiger partial charge in [0.25, 0.3) is 0 Å². The highest BCUT2D eigenvalue weighted by molar-refractivity contribution is 6.00. The van der Waals surface area contributed by atoms with Crippen LogP contribution in [0.15, 0.2) is 66.7 Å². The lowest BCUT2D eigenvalue weighted by atomic mass is 10.1. The Balaban J connectivity index is 1.55. The zero-order valence-corrected chi connectivity index (χ0v) is 15.6. The van der Waals surface area contributed by atoms with Crippen LogP contribution in [0.5, 0.6) is 0 Å². The minimum absolute atomic E-state index is 0.0694. The van der Waals surface area contributed by atoms with Crippen molar-refractivity contribution in [2.45, 2.75) is 13.3 Å². The van der Waals surface area contributed by atoms with Gasteiger partial charge in [-0.1, -0.05) is 54.6 Å². The molecule has 0 saturated heterocycles. The number of esters is 1. The first-order valence-electron chi connectivity index (χ1n) is 9.05. The number of rotatable bonds is 7. The molecular formula is C23H21NO4. The van der Waals surface area contributed by atoms with Crippen molar-refractivity contribution >= 4 is 28.4 Å². The number of amides is 1. The van der Waals surface area contributed by atoms with Gasteiger partial charge in [0.1, 0.15) is 0 Å². The molecule has 5 heteroatoms. The maximum absolute atomic E-state index is 12.3. The average Bonchev–Trinajstić information content (AvgIpc) is 2.71. The summed E-state index contributed by atoms with van der Waals surface area (Å²) >= 11 is 0. The van der Waals surface area contributed by atoms with E-state index in [2.05, 4.69) is 5.32 Å². The van der Waals surface area contributed by atoms with Crippen LogP contribution in [0, 0.1) is 0 Å². The Labute approximate surface area is 163 Å². The molecule has 0 aliphatic heterocycles. The third-order valence-corrected chi connectivity index (χ3v) is 4.38. The Morgan fingerprint density at radius 3 is 2.25 bits per heavy atom. The first-order chi connectivity index (χ1) is 13.5. The summed E-state index contributed by atoms with van der Waals surface area (Å²) in [7, 11) is 0. The molecule has 3 rings (SSSR count). The fourth-order valence-electron chi connectivity index (χ4n) is 2.85. The highest BCUT2D eigenvalue weighted by Gasteiger charge is 2.12. The molecule has 0 aromatic heterocycles. The Morgan fingerprint density at radius 1 is 0.857 bits per heavy atom. The topological polar surface area (TPSA) is 72.5 Å². The summed E-state index contributed by atoms with van der Waals surface area (Å²) in [5, 5.41) is 4.71. The molecule has 0 bridgehead atoms. The van der Waals surface area contributed by atoms with Crippen molar-refractivity contribution in [2.75, 3.05) is 13.2 Å². The van der Waals surface area contributed by atoms with E-state index in [0.29, 0.717) is 24.1 Å². The first kappa shape index (κ1) is 19.3. The summed E-state index contributed by atoms with van der Waals surface area (Å²) in [5.74, 6) is -0.853. The van der Waals surface area contributed by atoms with Gasteiger partial charge >= 0.3 is 5.97 Å². The Morgan fingerprint density at radius 2 is 1.54 bits per heavy atom. The Kier molecular flexibility index (Phi) is 6.17. The van der Waals surface area contributed by atoms with Crippen molar-refractivity contribution in [2.24, 2.45) is 0 Å². The van der Waals surface area contributed by atoms with Crippen LogP contribution in [-0.2, 0) is 16.0 Å². The van der Waals surface area contributed by atoms with Crippen LogP contribution in [0.1, 0.15) is 33.2 Å². The molecule has 0 unspecified atom stereocenters. The van der Waals surface area contributed by atoms with Gasteiger partial charge in [0.2, 0.25) is 5.91 Å². The van der Waals surface area contributed by atoms with Crippen LogP contribution >= 0.6 is 0 Å². The molecule has 0 atom stereocenters. The lowest BCUT2D eigenvalue weighted by Gasteiger charge is -2.07. The smallest absolute Gasteiger partial charge is 0.338 e. The first-order valence-corrected chi connectivity index (χ1v) is 9.05. The molecule has 3 aromatic carbocycles. The van der Waals surface area contributed by atoms with Gasteiger partial charge in [0, 0.05) is 19.0 Å². The van der Waals surface area contributed by atoms with Gasteiger partial charge < -0.3 is 10.1 Å². The molecular weight excluding hydrogens is 354 g/mol. The van der Waals surface area contributed by atoms with Crippen LogP contribution in [0.2, 0.25) is 0 Å². The molecule has 1 N–H and O–H groups in total. The molecule has 0 aliphatic carbocycles. The summed E-state index contributed by atoms with van der Waals surface area (Å²) in [6.45, 7) is 1.71. The van der Waals surface area contributed by atoms with E-state index in [-0.39, 0.29) is 18.3 Å². The van der Waals surface area contributed by atoms with Crippen LogP contribution < -0.4 is 5.32 Å². The second-order valence-corrected chi connectivity index (χ2v) is 6.49. The molecule has 5 nitrogen and oxygen atoms in total. The molecule has 0 aliphatic rings. The van der Waals surface area contributed by atoms with E-state index in [1.54, 1.807) is 24.3 Å². The van der Waals surface area contributed by atoms with Gasteiger partial charge in [0.05, 0.1) is 5.56 Å². The molecule has 0 radical (unpaired) electrons. The number of fused-ring (bicyclic) bond motifs is 1. The summed E-state index contributed by atoms with van der Waals surface area (Å²) in [5.41, 5.74) is 1.91. The Bertz CT molecular complexity index is 1010. The van der Waals surface area contributed by atoms with Crippen LogP contribution in [0.4, 0.5) is 0 Å². The summed E-state index contributed by atoms with van der Waals surface area (Å²) in [4.78, 5) is 35.4. The summed E-state index contributed by atoms with van der Waals surface area (Å²) in [6, 6.07) is 20.1. The monoisotopic (exact) mass is 375 g/mol. The number of Topliss-reactive ketones (excluding diaryl/α,β-unsaturated/α-hetero) is 1. The minimum Gasteiger partial charge on any atom is -0.454 e. The van der Waals surface area contributed by atoms with Gasteiger partial charge in [0.15, 0.2) is 12.4 Å². The standard InChI is InChI=1S/C23H21NO4/c1-16(25)24-13-12-17-6-8-19(9-7-17)22(26)15-28-23(27)21-11-10-18-4-2-3-5-20(18)14-21/h2-11,14H,12-13,15H2,1H3,(H,24,25). The zero-order valence-electron chi connectivity index (χ0n) is 15.6. The van der Waals surface area contributed by atoms with E-state index < -0.39 is 5.97 Å². The highest BCUT2D eigenvalue weighted by atomic mass is 16.5. The van der Waals surface area contributed by atoms with E-state index >= 15 is 0 Å². The zero-order chi connectivity index (χ0) is 19.9. The van der Waals surface area contributed by atoms with Gasteiger partial charge in [-0.3, -0.25) is 9.59 Å². The number of benzene rings is 3. The lowest BCUT2D eigenvalue weighted by molar-refractivity contribution is -0.118. The molecule has 0 spiro atoms. The maximum atomic E-state index is 12.3. The number of hydrogen-bond acceptors (Lipinski definition) is 4. The van der Waals surface area contributed by atoms with Gasteiger partial charge in [-0.2, -0.15) is 0 Å². The van der Waals surface area contributed by atoms with Crippen molar-refractivity contribution in [1.82, 2.24) is 5.32 Å². The van der Waals surface area contributed by atoms with Crippen molar-refractivity contribution in [3.05, 3.63) is 83.4 Å². The third-order valence-electron chi connectivity index (χ3n) is 4.38. The average molecular weight is 375 g/mol. The number of hydrogen-bond donors (Lipinski definition) is 1. The number of carbonyl (C=O) groups is 3. The molecule has 0 saturated carbocycles. The number of carbonyl (C=O) groups excluding carboxylic acids is 3. The molecule has 28 heavy (non-hydrogen) atoms. The number of ether oxygens (including phenoxy) is 1. The van der Waals surface area contributed by atoms with E-state index in [1.165, 1.54) is 6.92 Å². The Hall–Kier alpha value is -3.47. The quantitative estimate of drug-likeness (QED) is 0.506. The third kappa shape index (κ3) is 5.04. The molecule has 0 fully saturated rings. The van der Waals surface area contributed by atoms with E-state index in [1.807, 2.05) is 42.5 Å². The predicted molar refractivity (Wildman–Crippen MR) is 107 cm³/mol. The lowest BCUT2D eigenvalue weighted by Crippen LogP contribution is -2.22. The van der Waals surface area contributed by atoms with Crippen molar-refractivity contribution in [1.29, 1.82) is 0 Å². The van der Waals surface area contributed by atoms with Crippen LogP contribution in [0.3, 0.4) is 0 Å². The molecule has 142 valence electrons. The van der Waals surface area contributed by atoms with Crippen molar-refractivity contribution in [3.8, 4) is 0 Å². The summed E-state index contributed by atoms with van der Waals surface area (Å²) in [6.07, 6.45) is 0.686. The SMILES string of the molecule is CC(=O)NCCc1ccc(C(=O)COC(=O)c2ccc3ccccc3c2)cc1. The minimum atomic E-state index is -0.522. The largest absolute Gasteiger partial charge is 0.454 e. The normalized spacial score (nSPS) is 10.5. The van der Waals surface area contributed by atoms with Crippen LogP contribution in [0.25, 0.3) is 10.8 Å². The number of ketones is 1. The molecule has 3 aromatic rings. The van der Waals surface area contributed by atoms with Gasteiger partial charge in [-0.15, -0.1) is 0 Å². The van der Waals surface area contributed by atoms with Crippen molar-refractivity contribution in [3.63, 3.8) is 0 Å². The fraction of sp³-hybridized carbons (Fsp3) is 0.174. The maximum Gasteiger partial charge on any atom is 0.338 e. The second kappa shape index (κ2) is 8.95.